The normalized spacial score (nSPS) is 22.0. The van der Waals surface area contributed by atoms with Gasteiger partial charge in [0, 0.05) is 12.0 Å². The minimum atomic E-state index is -1.17. The van der Waals surface area contributed by atoms with Crippen LogP contribution in [0.5, 0.6) is 17.2 Å². The summed E-state index contributed by atoms with van der Waals surface area (Å²) < 4.78 is 73.2. The van der Waals surface area contributed by atoms with E-state index in [1.165, 1.54) is 0 Å². The number of carbonyl (C=O) groups excluding carboxylic acids is 2. The van der Waals surface area contributed by atoms with Crippen molar-refractivity contribution in [3.63, 3.8) is 0 Å². The highest BCUT2D eigenvalue weighted by Crippen LogP contribution is 2.40. The van der Waals surface area contributed by atoms with Crippen LogP contribution in [-0.2, 0) is 77.5 Å². The van der Waals surface area contributed by atoms with Crippen LogP contribution in [0.4, 0.5) is 0 Å². The zero-order valence-electron chi connectivity index (χ0n) is 48.5. The average Bonchev–Trinajstić information content (AvgIpc) is 2.74. The van der Waals surface area contributed by atoms with Gasteiger partial charge in [0.05, 0.1) is 25.9 Å². The molecule has 13 nitrogen and oxygen atoms in total. The van der Waals surface area contributed by atoms with Crippen LogP contribution < -0.4 is 14.2 Å². The summed E-state index contributed by atoms with van der Waals surface area (Å²) in [6.45, 7) is 9.25. The van der Waals surface area contributed by atoms with Gasteiger partial charge in [0.1, 0.15) is 85.8 Å². The highest BCUT2D eigenvalue weighted by molar-refractivity contribution is 5.93. The zero-order chi connectivity index (χ0) is 58.7. The second-order valence-electron chi connectivity index (χ2n) is 21.8. The molecule has 2 heterocycles. The number of esters is 2. The second-order valence-corrected chi connectivity index (χ2v) is 21.8. The van der Waals surface area contributed by atoms with Crippen molar-refractivity contribution in [2.45, 2.75) is 110 Å². The first-order valence-electron chi connectivity index (χ1n) is 29.1. The Morgan fingerprint density at radius 2 is 0.765 bits per heavy atom. The molecule has 0 radical (unpaired) electrons. The Hall–Kier alpha value is -8.14. The molecule has 2 fully saturated rings. The Labute approximate surface area is 498 Å². The van der Waals surface area contributed by atoms with E-state index in [1.807, 2.05) is 201 Å². The summed E-state index contributed by atoms with van der Waals surface area (Å²) in [5.41, 5.74) is 7.06. The fourth-order valence-electron chi connectivity index (χ4n) is 10.4. The second kappa shape index (κ2) is 30.1. The molecule has 0 aromatic heterocycles. The summed E-state index contributed by atoms with van der Waals surface area (Å²) in [4.78, 5) is 28.7. The fourth-order valence-corrected chi connectivity index (χ4v) is 10.4. The Bertz CT molecular complexity index is 3320. The molecule has 0 bridgehead atoms. The summed E-state index contributed by atoms with van der Waals surface area (Å²) >= 11 is 0. The third-order valence-corrected chi connectivity index (χ3v) is 15.7. The van der Waals surface area contributed by atoms with Crippen LogP contribution in [0.2, 0.25) is 0 Å². The van der Waals surface area contributed by atoms with Gasteiger partial charge in [-0.1, -0.05) is 209 Å². The predicted octanol–water partition coefficient (Wildman–Crippen LogP) is 13.9. The van der Waals surface area contributed by atoms with E-state index in [0.717, 1.165) is 38.9 Å². The molecular formula is C72H74O13. The quantitative estimate of drug-likeness (QED) is 0.0476. The molecule has 4 unspecified atom stereocenters. The number of hydrogen-bond donors (Lipinski definition) is 0. The Balaban J connectivity index is 0.924. The maximum Gasteiger partial charge on any atom is 0.342 e. The van der Waals surface area contributed by atoms with Gasteiger partial charge < -0.3 is 52.1 Å². The molecule has 85 heavy (non-hydrogen) atoms. The van der Waals surface area contributed by atoms with Crippen molar-refractivity contribution in [2.75, 3.05) is 13.2 Å². The van der Waals surface area contributed by atoms with Crippen molar-refractivity contribution >= 4 is 11.9 Å². The van der Waals surface area contributed by atoms with E-state index in [1.54, 1.807) is 24.3 Å². The molecule has 0 saturated carbocycles. The first-order chi connectivity index (χ1) is 41.6. The van der Waals surface area contributed by atoms with Crippen molar-refractivity contribution < 1.29 is 61.7 Å². The van der Waals surface area contributed by atoms with Gasteiger partial charge in [-0.15, -0.1) is 0 Å². The minimum absolute atomic E-state index is 0.0113. The van der Waals surface area contributed by atoms with Crippen LogP contribution in [0.15, 0.2) is 218 Å². The lowest BCUT2D eigenvalue weighted by Crippen LogP contribution is -2.63. The van der Waals surface area contributed by atoms with E-state index < -0.39 is 55.0 Å². The van der Waals surface area contributed by atoms with Crippen LogP contribution in [-0.4, -0.2) is 68.3 Å². The number of carbonyl (C=O) groups is 2. The first-order valence-corrected chi connectivity index (χ1v) is 29.1. The van der Waals surface area contributed by atoms with Crippen molar-refractivity contribution in [3.8, 4) is 17.2 Å². The van der Waals surface area contributed by atoms with Gasteiger partial charge in [0.25, 0.3) is 0 Å². The van der Waals surface area contributed by atoms with E-state index in [2.05, 4.69) is 20.8 Å². The molecule has 0 spiro atoms. The van der Waals surface area contributed by atoms with Crippen molar-refractivity contribution in [1.82, 2.24) is 0 Å². The summed E-state index contributed by atoms with van der Waals surface area (Å²) in [6.07, 6.45) is -6.30. The monoisotopic (exact) mass is 1150 g/mol. The smallest absolute Gasteiger partial charge is 0.342 e. The lowest BCUT2D eigenvalue weighted by Gasteiger charge is -2.49. The maximum atomic E-state index is 14.4. The molecule has 0 N–H and O–H groups in total. The molecule has 13 heteroatoms. The molecule has 10 rings (SSSR count). The van der Waals surface area contributed by atoms with Gasteiger partial charge in [-0.05, 0) is 82.0 Å². The molecule has 2 saturated heterocycles. The predicted molar refractivity (Wildman–Crippen MR) is 321 cm³/mol. The third kappa shape index (κ3) is 16.6. The van der Waals surface area contributed by atoms with Gasteiger partial charge in [0.15, 0.2) is 12.6 Å². The summed E-state index contributed by atoms with van der Waals surface area (Å²) in [6, 6.07) is 69.4. The SMILES string of the molecule is Cc1ccc(C(=O)OCC2O[C@H](O[C@H]3OC(COC(=O)c4ccc(OCc5ccccc5)cc4OCc4ccccc4)[C@@H](C)[C@H](C)C3C)C(OCc3ccccc3)[C@@H](OCc3ccccc3)[C@@H]2OCc2ccccc2)c(OCc2ccccc2)c1. The topological polar surface area (TPSA) is 136 Å². The number of benzene rings is 8. The highest BCUT2D eigenvalue weighted by atomic mass is 16.8. The lowest BCUT2D eigenvalue weighted by atomic mass is 9.79. The summed E-state index contributed by atoms with van der Waals surface area (Å²) in [7, 11) is 0. The largest absolute Gasteiger partial charge is 0.489 e. The van der Waals surface area contributed by atoms with Crippen LogP contribution in [0.25, 0.3) is 0 Å². The van der Waals surface area contributed by atoms with E-state index in [4.69, 9.17) is 52.1 Å². The Kier molecular flexibility index (Phi) is 21.2. The van der Waals surface area contributed by atoms with Crippen LogP contribution in [0, 0.1) is 24.7 Å². The standard InChI is InChI=1S/C72H74O13/c1-49-35-37-60(62(39-49)76-42-54-25-13-6-14-26-54)69(73)82-48-65-66(78-44-56-29-17-8-18-30-56)67(79-45-57-31-19-9-20-32-57)68(80-46-58-33-21-10-22-34-58)72(84-65)85-71-52(4)50(2)51(3)64(83-71)47-81-70(74)61-38-36-59(75-41-53-23-11-5-12-24-53)40-63(61)77-43-55-27-15-7-16-28-55/h5-40,50-52,64-68,71-72H,41-48H2,1-4H3/t50-,51-,52?,64?,65?,66+,67-,68?,71+,72+/m0/s1. The van der Waals surface area contributed by atoms with Gasteiger partial charge >= 0.3 is 11.9 Å². The number of hydrogen-bond acceptors (Lipinski definition) is 13. The van der Waals surface area contributed by atoms with Crippen LogP contribution >= 0.6 is 0 Å². The van der Waals surface area contributed by atoms with Crippen molar-refractivity contribution in [1.29, 1.82) is 0 Å². The Morgan fingerprint density at radius 1 is 0.376 bits per heavy atom. The lowest BCUT2D eigenvalue weighted by molar-refractivity contribution is -0.374. The summed E-state index contributed by atoms with van der Waals surface area (Å²) in [5, 5.41) is 0. The zero-order valence-corrected chi connectivity index (χ0v) is 48.5. The fraction of sp³-hybridized carbons (Fsp3) is 0.306. The molecule has 440 valence electrons. The molecule has 8 aromatic carbocycles. The van der Waals surface area contributed by atoms with E-state index >= 15 is 0 Å². The summed E-state index contributed by atoms with van der Waals surface area (Å²) in [5.74, 6) is -0.194. The molecule has 0 amide bonds. The maximum absolute atomic E-state index is 14.4. The molecular weight excluding hydrogens is 1070 g/mol. The molecule has 10 atom stereocenters. The van der Waals surface area contributed by atoms with Gasteiger partial charge in [-0.2, -0.15) is 0 Å². The molecule has 8 aromatic rings. The number of ether oxygens (including phenoxy) is 11. The minimum Gasteiger partial charge on any atom is -0.489 e. The van der Waals surface area contributed by atoms with E-state index in [-0.39, 0.29) is 75.1 Å². The molecule has 2 aliphatic rings. The van der Waals surface area contributed by atoms with Crippen LogP contribution in [0.3, 0.4) is 0 Å². The van der Waals surface area contributed by atoms with Gasteiger partial charge in [-0.25, -0.2) is 9.59 Å². The number of rotatable bonds is 26. The number of aryl methyl sites for hydroxylation is 1. The van der Waals surface area contributed by atoms with Gasteiger partial charge in [-0.3, -0.25) is 0 Å². The first kappa shape index (κ1) is 60.0. The van der Waals surface area contributed by atoms with Crippen molar-refractivity contribution in [2.24, 2.45) is 17.8 Å². The Morgan fingerprint density at radius 3 is 1.25 bits per heavy atom. The third-order valence-electron chi connectivity index (χ3n) is 15.7. The highest BCUT2D eigenvalue weighted by Gasteiger charge is 2.52. The van der Waals surface area contributed by atoms with Crippen LogP contribution in [0.1, 0.15) is 80.4 Å². The van der Waals surface area contributed by atoms with Crippen molar-refractivity contribution in [3.05, 3.63) is 268 Å². The average molecular weight is 1150 g/mol. The van der Waals surface area contributed by atoms with E-state index in [0.29, 0.717) is 23.9 Å². The molecule has 2 aliphatic heterocycles. The van der Waals surface area contributed by atoms with Gasteiger partial charge in [0.2, 0.25) is 0 Å². The van der Waals surface area contributed by atoms with E-state index in [9.17, 15) is 9.59 Å². The molecule has 0 aliphatic carbocycles.